The van der Waals surface area contributed by atoms with Gasteiger partial charge in [-0.05, 0) is 48.9 Å². The number of hydrogen-bond acceptors (Lipinski definition) is 3. The minimum absolute atomic E-state index is 0.0483. The SMILES string of the molecule is Cc1c(C(=O)NCc2cccc(C(F)(F)F)c2)nnn1-c1ccc(Br)cc1. The van der Waals surface area contributed by atoms with Crippen molar-refractivity contribution < 1.29 is 18.0 Å². The third kappa shape index (κ3) is 4.36. The first-order valence-corrected chi connectivity index (χ1v) is 8.67. The van der Waals surface area contributed by atoms with Crippen LogP contribution < -0.4 is 5.32 Å². The van der Waals surface area contributed by atoms with Crippen LogP contribution >= 0.6 is 15.9 Å². The molecule has 0 unspecified atom stereocenters. The molecule has 1 amide bonds. The van der Waals surface area contributed by atoms with E-state index in [-0.39, 0.29) is 12.2 Å². The average molecular weight is 439 g/mol. The summed E-state index contributed by atoms with van der Waals surface area (Å²) in [6, 6.07) is 12.1. The number of carbonyl (C=O) groups is 1. The molecule has 0 aliphatic rings. The van der Waals surface area contributed by atoms with Crippen molar-refractivity contribution in [1.82, 2.24) is 20.3 Å². The summed E-state index contributed by atoms with van der Waals surface area (Å²) in [6.45, 7) is 1.65. The van der Waals surface area contributed by atoms with E-state index in [9.17, 15) is 18.0 Å². The van der Waals surface area contributed by atoms with Crippen LogP contribution in [0.25, 0.3) is 5.69 Å². The van der Waals surface area contributed by atoms with Crippen molar-refractivity contribution in [2.75, 3.05) is 0 Å². The molecule has 2 aromatic carbocycles. The lowest BCUT2D eigenvalue weighted by molar-refractivity contribution is -0.137. The highest BCUT2D eigenvalue weighted by Gasteiger charge is 2.30. The first-order chi connectivity index (χ1) is 12.8. The molecule has 1 aromatic heterocycles. The number of amides is 1. The molecule has 0 atom stereocenters. The highest BCUT2D eigenvalue weighted by atomic mass is 79.9. The fourth-order valence-electron chi connectivity index (χ4n) is 2.49. The Bertz CT molecular complexity index is 967. The topological polar surface area (TPSA) is 59.8 Å². The van der Waals surface area contributed by atoms with E-state index in [4.69, 9.17) is 0 Å². The predicted octanol–water partition coefficient (Wildman–Crippen LogP) is 4.29. The maximum Gasteiger partial charge on any atom is 0.416 e. The number of rotatable bonds is 4. The summed E-state index contributed by atoms with van der Waals surface area (Å²) in [5, 5.41) is 10.5. The maximum absolute atomic E-state index is 12.8. The van der Waals surface area contributed by atoms with Gasteiger partial charge in [-0.1, -0.05) is 33.3 Å². The molecule has 0 aliphatic heterocycles. The van der Waals surface area contributed by atoms with E-state index in [1.54, 1.807) is 6.92 Å². The summed E-state index contributed by atoms with van der Waals surface area (Å²) in [5.74, 6) is -0.506. The second-order valence-corrected chi connectivity index (χ2v) is 6.71. The van der Waals surface area contributed by atoms with Crippen LogP contribution in [-0.2, 0) is 12.7 Å². The summed E-state index contributed by atoms with van der Waals surface area (Å²) in [6.07, 6.45) is -4.43. The van der Waals surface area contributed by atoms with Gasteiger partial charge in [0.05, 0.1) is 16.9 Å². The Hall–Kier alpha value is -2.68. The largest absolute Gasteiger partial charge is 0.416 e. The zero-order valence-electron chi connectivity index (χ0n) is 14.1. The smallest absolute Gasteiger partial charge is 0.347 e. The summed E-state index contributed by atoms with van der Waals surface area (Å²) in [4.78, 5) is 12.4. The van der Waals surface area contributed by atoms with Crippen molar-refractivity contribution in [3.8, 4) is 5.69 Å². The molecule has 0 fully saturated rings. The number of carbonyl (C=O) groups excluding carboxylic acids is 1. The molecular weight excluding hydrogens is 425 g/mol. The fourth-order valence-corrected chi connectivity index (χ4v) is 2.75. The van der Waals surface area contributed by atoms with Crippen molar-refractivity contribution in [2.45, 2.75) is 19.6 Å². The lowest BCUT2D eigenvalue weighted by Gasteiger charge is -2.09. The number of aromatic nitrogens is 3. The zero-order chi connectivity index (χ0) is 19.6. The van der Waals surface area contributed by atoms with E-state index < -0.39 is 17.6 Å². The van der Waals surface area contributed by atoms with Crippen molar-refractivity contribution in [2.24, 2.45) is 0 Å². The molecule has 5 nitrogen and oxygen atoms in total. The minimum Gasteiger partial charge on any atom is -0.347 e. The molecule has 0 radical (unpaired) electrons. The lowest BCUT2D eigenvalue weighted by Crippen LogP contribution is -2.24. The van der Waals surface area contributed by atoms with Gasteiger partial charge in [-0.2, -0.15) is 13.2 Å². The number of nitrogens with zero attached hydrogens (tertiary/aromatic N) is 3. The molecule has 0 spiro atoms. The van der Waals surface area contributed by atoms with Crippen LogP contribution in [0, 0.1) is 6.92 Å². The molecule has 0 aliphatic carbocycles. The van der Waals surface area contributed by atoms with Gasteiger partial charge in [0.1, 0.15) is 0 Å². The van der Waals surface area contributed by atoms with Crippen LogP contribution in [0.2, 0.25) is 0 Å². The molecular formula is C18H14BrF3N4O. The van der Waals surface area contributed by atoms with Crippen LogP contribution in [0.15, 0.2) is 53.0 Å². The standard InChI is InChI=1S/C18H14BrF3N4O/c1-11-16(24-25-26(11)15-7-5-14(19)6-8-15)17(27)23-10-12-3-2-4-13(9-12)18(20,21)22/h2-9H,10H2,1H3,(H,23,27). The van der Waals surface area contributed by atoms with Crippen LogP contribution in [0.1, 0.15) is 27.3 Å². The Morgan fingerprint density at radius 2 is 1.89 bits per heavy atom. The van der Waals surface area contributed by atoms with Gasteiger partial charge in [0, 0.05) is 11.0 Å². The molecule has 1 heterocycles. The second-order valence-electron chi connectivity index (χ2n) is 5.79. The normalized spacial score (nSPS) is 11.4. The van der Waals surface area contributed by atoms with Crippen molar-refractivity contribution in [3.63, 3.8) is 0 Å². The highest BCUT2D eigenvalue weighted by Crippen LogP contribution is 2.29. The van der Waals surface area contributed by atoms with Gasteiger partial charge in [0.25, 0.3) is 5.91 Å². The van der Waals surface area contributed by atoms with E-state index >= 15 is 0 Å². The van der Waals surface area contributed by atoms with Crippen molar-refractivity contribution in [3.05, 3.63) is 75.5 Å². The Kier molecular flexibility index (Phi) is 5.31. The molecule has 9 heteroatoms. The molecule has 1 N–H and O–H groups in total. The van der Waals surface area contributed by atoms with Gasteiger partial charge >= 0.3 is 6.18 Å². The first kappa shape index (κ1) is 19.1. The monoisotopic (exact) mass is 438 g/mol. The van der Waals surface area contributed by atoms with Crippen LogP contribution in [0.4, 0.5) is 13.2 Å². The van der Waals surface area contributed by atoms with Gasteiger partial charge in [-0.3, -0.25) is 4.79 Å². The Labute approximate surface area is 161 Å². The Morgan fingerprint density at radius 1 is 1.19 bits per heavy atom. The zero-order valence-corrected chi connectivity index (χ0v) is 15.7. The average Bonchev–Trinajstić information content (AvgIpc) is 3.01. The molecule has 0 saturated heterocycles. The molecule has 0 bridgehead atoms. The van der Waals surface area contributed by atoms with Crippen LogP contribution in [-0.4, -0.2) is 20.9 Å². The number of benzene rings is 2. The van der Waals surface area contributed by atoms with E-state index in [1.807, 2.05) is 24.3 Å². The Morgan fingerprint density at radius 3 is 2.56 bits per heavy atom. The van der Waals surface area contributed by atoms with E-state index in [0.717, 1.165) is 22.3 Å². The van der Waals surface area contributed by atoms with E-state index in [1.165, 1.54) is 16.8 Å². The Balaban J connectivity index is 1.73. The van der Waals surface area contributed by atoms with Gasteiger partial charge in [-0.25, -0.2) is 4.68 Å². The maximum atomic E-state index is 12.8. The summed E-state index contributed by atoms with van der Waals surface area (Å²) in [7, 11) is 0. The summed E-state index contributed by atoms with van der Waals surface area (Å²) in [5.41, 5.74) is 0.964. The van der Waals surface area contributed by atoms with Crippen molar-refractivity contribution in [1.29, 1.82) is 0 Å². The number of hydrogen-bond donors (Lipinski definition) is 1. The third-order valence-corrected chi connectivity index (χ3v) is 4.42. The van der Waals surface area contributed by atoms with Gasteiger partial charge in [0.2, 0.25) is 0 Å². The minimum atomic E-state index is -4.43. The van der Waals surface area contributed by atoms with Crippen LogP contribution in [0.3, 0.4) is 0 Å². The highest BCUT2D eigenvalue weighted by molar-refractivity contribution is 9.10. The van der Waals surface area contributed by atoms with Crippen LogP contribution in [0.5, 0.6) is 0 Å². The van der Waals surface area contributed by atoms with Gasteiger partial charge in [-0.15, -0.1) is 5.10 Å². The number of alkyl halides is 3. The first-order valence-electron chi connectivity index (χ1n) is 7.88. The predicted molar refractivity (Wildman–Crippen MR) is 96.4 cm³/mol. The molecule has 0 saturated carbocycles. The van der Waals surface area contributed by atoms with Gasteiger partial charge in [0.15, 0.2) is 5.69 Å². The summed E-state index contributed by atoms with van der Waals surface area (Å²) < 4.78 is 40.7. The molecule has 140 valence electrons. The van der Waals surface area contributed by atoms with E-state index in [2.05, 4.69) is 31.6 Å². The fraction of sp³-hybridized carbons (Fsp3) is 0.167. The third-order valence-electron chi connectivity index (χ3n) is 3.89. The van der Waals surface area contributed by atoms with E-state index in [0.29, 0.717) is 11.3 Å². The molecule has 27 heavy (non-hydrogen) atoms. The number of halogens is 4. The number of nitrogens with one attached hydrogen (secondary N) is 1. The molecule has 3 aromatic rings. The quantitative estimate of drug-likeness (QED) is 0.660. The molecule has 3 rings (SSSR count). The summed E-state index contributed by atoms with van der Waals surface area (Å²) >= 11 is 3.35. The van der Waals surface area contributed by atoms with Crippen molar-refractivity contribution >= 4 is 21.8 Å². The van der Waals surface area contributed by atoms with Gasteiger partial charge < -0.3 is 5.32 Å². The lowest BCUT2D eigenvalue weighted by atomic mass is 10.1. The second kappa shape index (κ2) is 7.51.